The molecule has 3 nitrogen and oxygen atoms in total. The number of nitrogens with zero attached hydrogens (tertiary/aromatic N) is 1. The highest BCUT2D eigenvalue weighted by Gasteiger charge is 2.24. The summed E-state index contributed by atoms with van der Waals surface area (Å²) in [5.41, 5.74) is 7.08. The molecule has 0 aliphatic carbocycles. The zero-order valence-corrected chi connectivity index (χ0v) is 14.4. The molecule has 0 aliphatic heterocycles. The molecule has 20 heavy (non-hydrogen) atoms. The van der Waals surface area contributed by atoms with Gasteiger partial charge >= 0.3 is 0 Å². The van der Waals surface area contributed by atoms with Gasteiger partial charge in [-0.05, 0) is 52.9 Å². The first kappa shape index (κ1) is 17.0. The van der Waals surface area contributed by atoms with E-state index in [2.05, 4.69) is 43.6 Å². The highest BCUT2D eigenvalue weighted by atomic mass is 79.9. The van der Waals surface area contributed by atoms with Gasteiger partial charge in [-0.15, -0.1) is 0 Å². The Hall–Kier alpha value is -1.03. The molecule has 1 rings (SSSR count). The Kier molecular flexibility index (Phi) is 6.53. The molecule has 0 saturated carbocycles. The molecule has 0 bridgehead atoms. The fourth-order valence-electron chi connectivity index (χ4n) is 2.38. The Bertz CT molecular complexity index is 456. The van der Waals surface area contributed by atoms with Crippen LogP contribution in [-0.4, -0.2) is 23.4 Å². The standard InChI is InChI=1S/C16H25BrN2O/c1-5-13(6-2)19(10-11(3)4)16(20)14-9-12(18)7-8-15(14)17/h7-9,11,13H,5-6,10,18H2,1-4H3. The number of rotatable bonds is 6. The summed E-state index contributed by atoms with van der Waals surface area (Å²) in [6.45, 7) is 9.30. The zero-order valence-electron chi connectivity index (χ0n) is 12.8. The molecule has 2 N–H and O–H groups in total. The third-order valence-corrected chi connectivity index (χ3v) is 4.12. The molecule has 0 spiro atoms. The van der Waals surface area contributed by atoms with Crippen molar-refractivity contribution in [2.45, 2.75) is 46.6 Å². The highest BCUT2D eigenvalue weighted by Crippen LogP contribution is 2.24. The lowest BCUT2D eigenvalue weighted by molar-refractivity contribution is 0.0639. The number of amides is 1. The van der Waals surface area contributed by atoms with Gasteiger partial charge in [0.05, 0.1) is 5.56 Å². The second-order valence-corrected chi connectivity index (χ2v) is 6.42. The molecule has 0 heterocycles. The van der Waals surface area contributed by atoms with Crippen LogP contribution in [0.2, 0.25) is 0 Å². The molecule has 1 aromatic rings. The maximum Gasteiger partial charge on any atom is 0.255 e. The summed E-state index contributed by atoms with van der Waals surface area (Å²) in [6.07, 6.45) is 1.93. The first-order valence-corrected chi connectivity index (χ1v) is 8.05. The van der Waals surface area contributed by atoms with E-state index in [1.807, 2.05) is 11.0 Å². The number of halogens is 1. The second kappa shape index (κ2) is 7.67. The summed E-state index contributed by atoms with van der Waals surface area (Å²) >= 11 is 3.46. The predicted octanol–water partition coefficient (Wildman–Crippen LogP) is 4.32. The van der Waals surface area contributed by atoms with Crippen LogP contribution in [0.25, 0.3) is 0 Å². The van der Waals surface area contributed by atoms with E-state index >= 15 is 0 Å². The topological polar surface area (TPSA) is 46.3 Å². The van der Waals surface area contributed by atoms with Crippen molar-refractivity contribution in [2.24, 2.45) is 5.92 Å². The Labute approximate surface area is 130 Å². The van der Waals surface area contributed by atoms with Gasteiger partial charge in [0.2, 0.25) is 0 Å². The smallest absolute Gasteiger partial charge is 0.255 e. The van der Waals surface area contributed by atoms with Crippen molar-refractivity contribution in [3.05, 3.63) is 28.2 Å². The van der Waals surface area contributed by atoms with Gasteiger partial charge in [0, 0.05) is 22.7 Å². The summed E-state index contributed by atoms with van der Waals surface area (Å²) in [4.78, 5) is 14.8. The number of nitrogens with two attached hydrogens (primary N) is 1. The SMILES string of the molecule is CCC(CC)N(CC(C)C)C(=O)c1cc(N)ccc1Br. The minimum absolute atomic E-state index is 0.0616. The van der Waals surface area contributed by atoms with Gasteiger partial charge in [0.15, 0.2) is 0 Å². The molecular formula is C16H25BrN2O. The van der Waals surface area contributed by atoms with Crippen molar-refractivity contribution in [3.8, 4) is 0 Å². The highest BCUT2D eigenvalue weighted by molar-refractivity contribution is 9.10. The molecule has 112 valence electrons. The third-order valence-electron chi connectivity index (χ3n) is 3.43. The zero-order chi connectivity index (χ0) is 15.3. The molecule has 4 heteroatoms. The summed E-state index contributed by atoms with van der Waals surface area (Å²) in [7, 11) is 0. The van der Waals surface area contributed by atoms with E-state index in [-0.39, 0.29) is 11.9 Å². The van der Waals surface area contributed by atoms with E-state index in [4.69, 9.17) is 5.73 Å². The van der Waals surface area contributed by atoms with Gasteiger partial charge in [-0.2, -0.15) is 0 Å². The predicted molar refractivity (Wildman–Crippen MR) is 88.8 cm³/mol. The maximum absolute atomic E-state index is 12.9. The maximum atomic E-state index is 12.9. The summed E-state index contributed by atoms with van der Waals surface area (Å²) in [5, 5.41) is 0. The van der Waals surface area contributed by atoms with Crippen molar-refractivity contribution in [1.29, 1.82) is 0 Å². The average Bonchev–Trinajstić information content (AvgIpc) is 2.40. The van der Waals surface area contributed by atoms with Crippen molar-refractivity contribution in [3.63, 3.8) is 0 Å². The van der Waals surface area contributed by atoms with Crippen LogP contribution in [0.3, 0.4) is 0 Å². The fraction of sp³-hybridized carbons (Fsp3) is 0.562. The number of hydrogen-bond acceptors (Lipinski definition) is 2. The van der Waals surface area contributed by atoms with E-state index in [1.54, 1.807) is 12.1 Å². The van der Waals surface area contributed by atoms with Crippen LogP contribution in [0.4, 0.5) is 5.69 Å². The van der Waals surface area contributed by atoms with Gasteiger partial charge in [-0.25, -0.2) is 0 Å². The molecule has 1 amide bonds. The van der Waals surface area contributed by atoms with Crippen molar-refractivity contribution >= 4 is 27.5 Å². The van der Waals surface area contributed by atoms with Gasteiger partial charge in [-0.1, -0.05) is 27.7 Å². The largest absolute Gasteiger partial charge is 0.399 e. The molecule has 0 aromatic heterocycles. The minimum Gasteiger partial charge on any atom is -0.399 e. The summed E-state index contributed by atoms with van der Waals surface area (Å²) in [6, 6.07) is 5.66. The van der Waals surface area contributed by atoms with Crippen LogP contribution in [0.15, 0.2) is 22.7 Å². The third kappa shape index (κ3) is 4.23. The van der Waals surface area contributed by atoms with Crippen molar-refractivity contribution in [1.82, 2.24) is 4.90 Å². The van der Waals surface area contributed by atoms with Gasteiger partial charge in [0.25, 0.3) is 5.91 Å². The van der Waals surface area contributed by atoms with E-state index in [0.717, 1.165) is 23.9 Å². The summed E-state index contributed by atoms with van der Waals surface area (Å²) < 4.78 is 0.802. The van der Waals surface area contributed by atoms with E-state index in [1.165, 1.54) is 0 Å². The minimum atomic E-state index is 0.0616. The van der Waals surface area contributed by atoms with E-state index in [0.29, 0.717) is 17.2 Å². The number of hydrogen-bond donors (Lipinski definition) is 1. The number of carbonyl (C=O) groups is 1. The van der Waals surface area contributed by atoms with Crippen LogP contribution >= 0.6 is 15.9 Å². The molecule has 0 saturated heterocycles. The van der Waals surface area contributed by atoms with E-state index in [9.17, 15) is 4.79 Å². The normalized spacial score (nSPS) is 11.2. The molecule has 1 aromatic carbocycles. The van der Waals surface area contributed by atoms with Gasteiger partial charge < -0.3 is 10.6 Å². The fourth-order valence-corrected chi connectivity index (χ4v) is 2.80. The monoisotopic (exact) mass is 340 g/mol. The quantitative estimate of drug-likeness (QED) is 0.784. The Morgan fingerprint density at radius 3 is 2.40 bits per heavy atom. The average molecular weight is 341 g/mol. The van der Waals surface area contributed by atoms with Crippen LogP contribution in [0, 0.1) is 5.92 Å². The van der Waals surface area contributed by atoms with Gasteiger partial charge in [-0.3, -0.25) is 4.79 Å². The van der Waals surface area contributed by atoms with Gasteiger partial charge in [0.1, 0.15) is 0 Å². The lowest BCUT2D eigenvalue weighted by Crippen LogP contribution is -2.42. The second-order valence-electron chi connectivity index (χ2n) is 5.56. The number of carbonyl (C=O) groups excluding carboxylic acids is 1. The molecular weight excluding hydrogens is 316 g/mol. The Balaban J connectivity index is 3.12. The lowest BCUT2D eigenvalue weighted by atomic mass is 10.0. The van der Waals surface area contributed by atoms with Crippen LogP contribution in [-0.2, 0) is 0 Å². The Morgan fingerprint density at radius 1 is 1.30 bits per heavy atom. The Morgan fingerprint density at radius 2 is 1.90 bits per heavy atom. The van der Waals surface area contributed by atoms with Crippen LogP contribution < -0.4 is 5.73 Å². The van der Waals surface area contributed by atoms with Crippen LogP contribution in [0.5, 0.6) is 0 Å². The van der Waals surface area contributed by atoms with Crippen molar-refractivity contribution < 1.29 is 4.79 Å². The molecule has 0 atom stereocenters. The summed E-state index contributed by atoms with van der Waals surface area (Å²) in [5.74, 6) is 0.506. The molecule has 0 radical (unpaired) electrons. The molecule has 0 unspecified atom stereocenters. The molecule has 0 fully saturated rings. The number of nitrogen functional groups attached to an aromatic ring is 1. The molecule has 0 aliphatic rings. The lowest BCUT2D eigenvalue weighted by Gasteiger charge is -2.32. The van der Waals surface area contributed by atoms with Crippen LogP contribution in [0.1, 0.15) is 50.9 Å². The number of anilines is 1. The van der Waals surface area contributed by atoms with Crippen molar-refractivity contribution in [2.75, 3.05) is 12.3 Å². The number of benzene rings is 1. The first-order chi connectivity index (χ1) is 9.40. The first-order valence-electron chi connectivity index (χ1n) is 7.26. The van der Waals surface area contributed by atoms with E-state index < -0.39 is 0 Å².